The summed E-state index contributed by atoms with van der Waals surface area (Å²) in [5.74, 6) is 7.59. The van der Waals surface area contributed by atoms with E-state index >= 15 is 0 Å². The Hall–Kier alpha value is -1.73. The number of aromatic nitrogens is 3. The molecule has 0 unspecified atom stereocenters. The molecule has 4 N–H and O–H groups in total. The monoisotopic (exact) mass is 278 g/mol. The van der Waals surface area contributed by atoms with E-state index < -0.39 is 0 Å². The summed E-state index contributed by atoms with van der Waals surface area (Å²) < 4.78 is 0. The maximum absolute atomic E-state index is 5.42. The largest absolute Gasteiger partial charge is 0.363 e. The summed E-state index contributed by atoms with van der Waals surface area (Å²) in [7, 11) is 0. The highest BCUT2D eigenvalue weighted by atomic mass is 32.1. The van der Waals surface area contributed by atoms with Crippen LogP contribution in [0.15, 0.2) is 11.4 Å². The SMILES string of the molecule is CCCc1nc(NN)cc(NCc2nc(C)cs2)n1. The van der Waals surface area contributed by atoms with E-state index in [9.17, 15) is 0 Å². The van der Waals surface area contributed by atoms with Crippen molar-refractivity contribution in [1.82, 2.24) is 15.0 Å². The smallest absolute Gasteiger partial charge is 0.145 e. The average Bonchev–Trinajstić information content (AvgIpc) is 2.82. The maximum atomic E-state index is 5.42. The van der Waals surface area contributed by atoms with E-state index in [0.29, 0.717) is 12.4 Å². The van der Waals surface area contributed by atoms with Crippen molar-refractivity contribution in [3.05, 3.63) is 28.0 Å². The molecule has 2 rings (SSSR count). The molecule has 0 radical (unpaired) electrons. The average molecular weight is 278 g/mol. The molecule has 19 heavy (non-hydrogen) atoms. The molecule has 0 bridgehead atoms. The van der Waals surface area contributed by atoms with Gasteiger partial charge in [0.15, 0.2) is 0 Å². The van der Waals surface area contributed by atoms with E-state index in [1.165, 1.54) is 0 Å². The van der Waals surface area contributed by atoms with Crippen LogP contribution in [0.2, 0.25) is 0 Å². The Morgan fingerprint density at radius 1 is 1.26 bits per heavy atom. The predicted molar refractivity (Wildman–Crippen MR) is 78.0 cm³/mol. The highest BCUT2D eigenvalue weighted by Crippen LogP contribution is 2.14. The number of hydrogen-bond donors (Lipinski definition) is 3. The molecule has 0 spiro atoms. The van der Waals surface area contributed by atoms with Crippen molar-refractivity contribution in [3.8, 4) is 0 Å². The number of nitrogens with two attached hydrogens (primary N) is 1. The van der Waals surface area contributed by atoms with Gasteiger partial charge >= 0.3 is 0 Å². The molecule has 2 aromatic rings. The zero-order chi connectivity index (χ0) is 13.7. The lowest BCUT2D eigenvalue weighted by molar-refractivity contribution is 0.834. The molecule has 0 saturated carbocycles. The van der Waals surface area contributed by atoms with Gasteiger partial charge in [0.1, 0.15) is 22.5 Å². The van der Waals surface area contributed by atoms with E-state index in [1.54, 1.807) is 17.4 Å². The molecule has 0 aliphatic heterocycles. The van der Waals surface area contributed by atoms with Gasteiger partial charge in [0, 0.05) is 23.6 Å². The highest BCUT2D eigenvalue weighted by molar-refractivity contribution is 7.09. The van der Waals surface area contributed by atoms with E-state index in [4.69, 9.17) is 5.84 Å². The van der Waals surface area contributed by atoms with Crippen LogP contribution in [0.5, 0.6) is 0 Å². The molecule has 0 aliphatic carbocycles. The van der Waals surface area contributed by atoms with Crippen LogP contribution in [0, 0.1) is 6.92 Å². The van der Waals surface area contributed by atoms with Gasteiger partial charge in [0.05, 0.1) is 6.54 Å². The summed E-state index contributed by atoms with van der Waals surface area (Å²) in [5, 5.41) is 6.32. The minimum atomic E-state index is 0.622. The third-order valence-electron chi connectivity index (χ3n) is 2.48. The Morgan fingerprint density at radius 2 is 2.05 bits per heavy atom. The van der Waals surface area contributed by atoms with E-state index in [1.807, 2.05) is 12.3 Å². The number of nitrogen functional groups attached to an aromatic ring is 1. The van der Waals surface area contributed by atoms with Crippen LogP contribution in [-0.4, -0.2) is 15.0 Å². The fourth-order valence-corrected chi connectivity index (χ4v) is 2.36. The second kappa shape index (κ2) is 6.44. The van der Waals surface area contributed by atoms with Gasteiger partial charge in [0.25, 0.3) is 0 Å². The Labute approximate surface area is 116 Å². The Balaban J connectivity index is 2.08. The highest BCUT2D eigenvalue weighted by Gasteiger charge is 2.04. The number of aryl methyl sites for hydroxylation is 2. The van der Waals surface area contributed by atoms with Crippen molar-refractivity contribution in [3.63, 3.8) is 0 Å². The number of rotatable bonds is 6. The maximum Gasteiger partial charge on any atom is 0.145 e. The summed E-state index contributed by atoms with van der Waals surface area (Å²) in [6.45, 7) is 4.74. The first-order valence-corrected chi connectivity index (χ1v) is 7.08. The second-order valence-electron chi connectivity index (χ2n) is 4.19. The summed E-state index contributed by atoms with van der Waals surface area (Å²) in [6, 6.07) is 1.79. The van der Waals surface area contributed by atoms with Crippen LogP contribution in [0.25, 0.3) is 0 Å². The molecular formula is C12H18N6S. The van der Waals surface area contributed by atoms with Crippen molar-refractivity contribution < 1.29 is 0 Å². The minimum absolute atomic E-state index is 0.622. The summed E-state index contributed by atoms with van der Waals surface area (Å²) in [4.78, 5) is 13.2. The Morgan fingerprint density at radius 3 is 2.68 bits per heavy atom. The van der Waals surface area contributed by atoms with Gasteiger partial charge in [-0.1, -0.05) is 6.92 Å². The molecule has 0 aliphatic rings. The van der Waals surface area contributed by atoms with E-state index in [0.717, 1.165) is 35.2 Å². The van der Waals surface area contributed by atoms with Gasteiger partial charge in [-0.25, -0.2) is 20.8 Å². The number of nitrogens with zero attached hydrogens (tertiary/aromatic N) is 3. The lowest BCUT2D eigenvalue weighted by Crippen LogP contribution is -2.12. The van der Waals surface area contributed by atoms with E-state index in [-0.39, 0.29) is 0 Å². The van der Waals surface area contributed by atoms with Gasteiger partial charge in [-0.3, -0.25) is 0 Å². The molecule has 0 fully saturated rings. The number of nitrogens with one attached hydrogen (secondary N) is 2. The molecule has 0 saturated heterocycles. The van der Waals surface area contributed by atoms with Gasteiger partial charge in [-0.2, -0.15) is 0 Å². The normalized spacial score (nSPS) is 10.5. The fraction of sp³-hybridized carbons (Fsp3) is 0.417. The lowest BCUT2D eigenvalue weighted by atomic mass is 10.3. The summed E-state index contributed by atoms with van der Waals surface area (Å²) in [6.07, 6.45) is 1.83. The quantitative estimate of drug-likeness (QED) is 0.554. The van der Waals surface area contributed by atoms with Crippen molar-refractivity contribution >= 4 is 23.0 Å². The first-order valence-electron chi connectivity index (χ1n) is 6.20. The van der Waals surface area contributed by atoms with Gasteiger partial charge in [-0.15, -0.1) is 11.3 Å². The van der Waals surface area contributed by atoms with Crippen LogP contribution in [-0.2, 0) is 13.0 Å². The minimum Gasteiger partial charge on any atom is -0.363 e. The van der Waals surface area contributed by atoms with Crippen LogP contribution in [0.3, 0.4) is 0 Å². The standard InChI is InChI=1S/C12H18N6S/c1-3-4-9-16-10(5-11(17-9)18-13)14-6-12-15-8(2)7-19-12/h5,7H,3-4,6,13H2,1-2H3,(H2,14,16,17,18). The number of anilines is 2. The van der Waals surface area contributed by atoms with Crippen molar-refractivity contribution in [2.75, 3.05) is 10.7 Å². The van der Waals surface area contributed by atoms with Crippen LogP contribution >= 0.6 is 11.3 Å². The Kier molecular flexibility index (Phi) is 4.64. The van der Waals surface area contributed by atoms with Crippen molar-refractivity contribution in [2.24, 2.45) is 5.84 Å². The molecule has 102 valence electrons. The van der Waals surface area contributed by atoms with Crippen LogP contribution in [0.1, 0.15) is 29.9 Å². The molecule has 2 heterocycles. The van der Waals surface area contributed by atoms with Crippen LogP contribution in [0.4, 0.5) is 11.6 Å². The van der Waals surface area contributed by atoms with Gasteiger partial charge < -0.3 is 10.7 Å². The topological polar surface area (TPSA) is 88.8 Å². The van der Waals surface area contributed by atoms with Crippen molar-refractivity contribution in [1.29, 1.82) is 0 Å². The first kappa shape index (κ1) is 13.7. The molecule has 7 heteroatoms. The summed E-state index contributed by atoms with van der Waals surface area (Å²) >= 11 is 1.64. The molecule has 2 aromatic heterocycles. The number of hydrazine groups is 1. The number of hydrogen-bond acceptors (Lipinski definition) is 7. The summed E-state index contributed by atoms with van der Waals surface area (Å²) in [5.41, 5.74) is 3.61. The molecule has 0 aromatic carbocycles. The zero-order valence-electron chi connectivity index (χ0n) is 11.1. The van der Waals surface area contributed by atoms with Gasteiger partial charge in [0.2, 0.25) is 0 Å². The molecular weight excluding hydrogens is 260 g/mol. The molecule has 0 amide bonds. The third kappa shape index (κ3) is 3.87. The molecule has 6 nitrogen and oxygen atoms in total. The van der Waals surface area contributed by atoms with Gasteiger partial charge in [-0.05, 0) is 13.3 Å². The van der Waals surface area contributed by atoms with E-state index in [2.05, 4.69) is 32.6 Å². The predicted octanol–water partition coefficient (Wildman–Crippen LogP) is 2.09. The van der Waals surface area contributed by atoms with Crippen molar-refractivity contribution in [2.45, 2.75) is 33.2 Å². The fourth-order valence-electron chi connectivity index (χ4n) is 1.65. The second-order valence-corrected chi connectivity index (χ2v) is 5.13. The Bertz CT molecular complexity index is 539. The third-order valence-corrected chi connectivity index (χ3v) is 3.45. The lowest BCUT2D eigenvalue weighted by Gasteiger charge is -2.08. The number of thiazole rings is 1. The molecule has 0 atom stereocenters. The first-order chi connectivity index (χ1) is 9.21. The zero-order valence-corrected chi connectivity index (χ0v) is 11.9. The van der Waals surface area contributed by atoms with Crippen LogP contribution < -0.4 is 16.6 Å².